The second-order valence-corrected chi connectivity index (χ2v) is 4.57. The van der Waals surface area contributed by atoms with Crippen molar-refractivity contribution < 1.29 is 0 Å². The molecule has 1 atom stereocenters. The molecule has 0 heterocycles. The summed E-state index contributed by atoms with van der Waals surface area (Å²) >= 11 is 0. The van der Waals surface area contributed by atoms with Gasteiger partial charge in [0.2, 0.25) is 0 Å². The summed E-state index contributed by atoms with van der Waals surface area (Å²) in [6.45, 7) is 9.30. The van der Waals surface area contributed by atoms with E-state index in [1.165, 1.54) is 38.5 Å². The second kappa shape index (κ2) is 7.64. The van der Waals surface area contributed by atoms with Crippen LogP contribution in [0, 0.1) is 11.8 Å². The van der Waals surface area contributed by atoms with Crippen molar-refractivity contribution in [2.45, 2.75) is 66.2 Å². The zero-order valence-electron chi connectivity index (χ0n) is 9.40. The van der Waals surface area contributed by atoms with Gasteiger partial charge in [-0.15, -0.1) is 0 Å². The Bertz CT molecular complexity index is 84.0. The Labute approximate surface area is 78.8 Å². The van der Waals surface area contributed by atoms with Gasteiger partial charge in [0.1, 0.15) is 0 Å². The second-order valence-electron chi connectivity index (χ2n) is 4.57. The van der Waals surface area contributed by atoms with E-state index in [1.54, 1.807) is 0 Å². The maximum absolute atomic E-state index is 2.39. The molecule has 12 heavy (non-hydrogen) atoms. The first kappa shape index (κ1) is 12.0. The van der Waals surface area contributed by atoms with Gasteiger partial charge in [0.25, 0.3) is 0 Å². The van der Waals surface area contributed by atoms with Crippen molar-refractivity contribution in [2.75, 3.05) is 0 Å². The van der Waals surface area contributed by atoms with Gasteiger partial charge < -0.3 is 0 Å². The molecule has 0 spiro atoms. The Morgan fingerprint density at radius 3 is 1.92 bits per heavy atom. The van der Waals surface area contributed by atoms with E-state index in [0.29, 0.717) is 0 Å². The molecule has 0 rings (SSSR count). The van der Waals surface area contributed by atoms with Crippen LogP contribution in [0.5, 0.6) is 0 Å². The van der Waals surface area contributed by atoms with Crippen LogP contribution in [-0.4, -0.2) is 0 Å². The minimum Gasteiger partial charge on any atom is -0.0654 e. The third-order valence-electron chi connectivity index (χ3n) is 2.51. The smallest absolute Gasteiger partial charge is 0.0443 e. The predicted molar refractivity (Wildman–Crippen MR) is 57.4 cm³/mol. The SMILES string of the molecule is CCCC(C)CCCCC(C)C. The first-order chi connectivity index (χ1) is 5.66. The first-order valence-corrected chi connectivity index (χ1v) is 5.66. The van der Waals surface area contributed by atoms with Crippen LogP contribution in [0.4, 0.5) is 0 Å². The summed E-state index contributed by atoms with van der Waals surface area (Å²) < 4.78 is 0. The van der Waals surface area contributed by atoms with Gasteiger partial charge >= 0.3 is 0 Å². The quantitative estimate of drug-likeness (QED) is 0.488. The van der Waals surface area contributed by atoms with Crippen molar-refractivity contribution in [3.8, 4) is 0 Å². The van der Waals surface area contributed by atoms with Crippen molar-refractivity contribution in [1.82, 2.24) is 0 Å². The fourth-order valence-electron chi connectivity index (χ4n) is 1.68. The molecule has 0 fully saturated rings. The van der Waals surface area contributed by atoms with Gasteiger partial charge in [-0.3, -0.25) is 0 Å². The molecule has 0 saturated heterocycles. The molecule has 0 aliphatic heterocycles. The fraction of sp³-hybridized carbons (Fsp3) is 1.00. The van der Waals surface area contributed by atoms with Gasteiger partial charge in [0.15, 0.2) is 0 Å². The van der Waals surface area contributed by atoms with Crippen LogP contribution < -0.4 is 0 Å². The Kier molecular flexibility index (Phi) is 7.64. The average molecular weight is 170 g/mol. The van der Waals surface area contributed by atoms with Crippen LogP contribution in [-0.2, 0) is 0 Å². The molecule has 74 valence electrons. The summed E-state index contributed by atoms with van der Waals surface area (Å²) in [7, 11) is 0. The van der Waals surface area contributed by atoms with Gasteiger partial charge in [-0.1, -0.05) is 66.2 Å². The van der Waals surface area contributed by atoms with Crippen LogP contribution in [0.25, 0.3) is 0 Å². The maximum Gasteiger partial charge on any atom is -0.0443 e. The van der Waals surface area contributed by atoms with Crippen molar-refractivity contribution in [3.05, 3.63) is 0 Å². The number of hydrogen-bond donors (Lipinski definition) is 0. The average Bonchev–Trinajstić information content (AvgIpc) is 1.98. The lowest BCUT2D eigenvalue weighted by Gasteiger charge is -2.09. The Balaban J connectivity index is 3.08. The molecule has 0 saturated carbocycles. The Hall–Kier alpha value is 0. The first-order valence-electron chi connectivity index (χ1n) is 5.66. The molecule has 0 N–H and O–H groups in total. The van der Waals surface area contributed by atoms with E-state index in [9.17, 15) is 0 Å². The van der Waals surface area contributed by atoms with Crippen molar-refractivity contribution in [3.63, 3.8) is 0 Å². The molecule has 0 aromatic heterocycles. The zero-order chi connectivity index (χ0) is 9.40. The molecule has 0 nitrogen and oxygen atoms in total. The van der Waals surface area contributed by atoms with Crippen LogP contribution in [0.2, 0.25) is 0 Å². The van der Waals surface area contributed by atoms with Crippen molar-refractivity contribution >= 4 is 0 Å². The molecule has 1 unspecified atom stereocenters. The van der Waals surface area contributed by atoms with E-state index in [-0.39, 0.29) is 0 Å². The molecular formula is C12H26. The summed E-state index contributed by atoms with van der Waals surface area (Å²) in [5.41, 5.74) is 0. The molecule has 0 amide bonds. The molecule has 0 radical (unpaired) electrons. The summed E-state index contributed by atoms with van der Waals surface area (Å²) in [5, 5.41) is 0. The van der Waals surface area contributed by atoms with Crippen molar-refractivity contribution in [2.24, 2.45) is 11.8 Å². The topological polar surface area (TPSA) is 0 Å². The molecule has 0 aliphatic carbocycles. The van der Waals surface area contributed by atoms with Gasteiger partial charge in [0.05, 0.1) is 0 Å². The lowest BCUT2D eigenvalue weighted by atomic mass is 9.97. The lowest BCUT2D eigenvalue weighted by molar-refractivity contribution is 0.439. The third-order valence-corrected chi connectivity index (χ3v) is 2.51. The van der Waals surface area contributed by atoms with E-state index >= 15 is 0 Å². The van der Waals surface area contributed by atoms with E-state index in [4.69, 9.17) is 0 Å². The number of rotatable bonds is 7. The highest BCUT2D eigenvalue weighted by Crippen LogP contribution is 2.16. The highest BCUT2D eigenvalue weighted by atomic mass is 14.1. The van der Waals surface area contributed by atoms with E-state index in [1.807, 2.05) is 0 Å². The standard InChI is InChI=1S/C12H26/c1-5-8-12(4)10-7-6-9-11(2)3/h11-12H,5-10H2,1-4H3. The summed E-state index contributed by atoms with van der Waals surface area (Å²) in [6.07, 6.45) is 8.51. The molecule has 0 heteroatoms. The minimum absolute atomic E-state index is 0.895. The lowest BCUT2D eigenvalue weighted by Crippen LogP contribution is -1.94. The highest BCUT2D eigenvalue weighted by Gasteiger charge is 2.00. The van der Waals surface area contributed by atoms with E-state index in [0.717, 1.165) is 11.8 Å². The molecule has 0 aliphatic rings. The monoisotopic (exact) mass is 170 g/mol. The van der Waals surface area contributed by atoms with Crippen molar-refractivity contribution in [1.29, 1.82) is 0 Å². The Morgan fingerprint density at radius 1 is 0.833 bits per heavy atom. The highest BCUT2D eigenvalue weighted by molar-refractivity contribution is 4.53. The maximum atomic E-state index is 2.39. The molecule has 0 bridgehead atoms. The summed E-state index contributed by atoms with van der Waals surface area (Å²) in [6, 6.07) is 0. The third kappa shape index (κ3) is 8.10. The molecule has 0 aromatic carbocycles. The Morgan fingerprint density at radius 2 is 1.42 bits per heavy atom. The largest absolute Gasteiger partial charge is 0.0654 e. The summed E-state index contributed by atoms with van der Waals surface area (Å²) in [4.78, 5) is 0. The van der Waals surface area contributed by atoms with Crippen LogP contribution in [0.15, 0.2) is 0 Å². The minimum atomic E-state index is 0.895. The van der Waals surface area contributed by atoms with Crippen LogP contribution in [0.1, 0.15) is 66.2 Å². The van der Waals surface area contributed by atoms with Gasteiger partial charge in [0, 0.05) is 0 Å². The summed E-state index contributed by atoms with van der Waals surface area (Å²) in [5.74, 6) is 1.86. The van der Waals surface area contributed by atoms with Gasteiger partial charge in [-0.2, -0.15) is 0 Å². The van der Waals surface area contributed by atoms with E-state index < -0.39 is 0 Å². The van der Waals surface area contributed by atoms with Gasteiger partial charge in [-0.05, 0) is 11.8 Å². The predicted octanol–water partition coefficient (Wildman–Crippen LogP) is 4.64. The fourth-order valence-corrected chi connectivity index (χ4v) is 1.68. The molecule has 0 aromatic rings. The van der Waals surface area contributed by atoms with Crippen LogP contribution >= 0.6 is 0 Å². The number of unbranched alkanes of at least 4 members (excludes halogenated alkanes) is 1. The number of hydrogen-bond acceptors (Lipinski definition) is 0. The normalized spacial score (nSPS) is 13.8. The molecular weight excluding hydrogens is 144 g/mol. The van der Waals surface area contributed by atoms with Crippen LogP contribution in [0.3, 0.4) is 0 Å². The zero-order valence-corrected chi connectivity index (χ0v) is 9.40. The van der Waals surface area contributed by atoms with E-state index in [2.05, 4.69) is 27.7 Å². The van der Waals surface area contributed by atoms with Gasteiger partial charge in [-0.25, -0.2) is 0 Å².